The van der Waals surface area contributed by atoms with Crippen LogP contribution in [0.1, 0.15) is 5.56 Å². The second kappa shape index (κ2) is 4.28. The summed E-state index contributed by atoms with van der Waals surface area (Å²) < 4.78 is 24.9. The van der Waals surface area contributed by atoms with Gasteiger partial charge < -0.3 is 9.80 Å². The maximum atomic E-state index is 12.4. The van der Waals surface area contributed by atoms with Crippen LogP contribution in [0.4, 0.5) is 4.79 Å². The van der Waals surface area contributed by atoms with Crippen molar-refractivity contribution in [2.45, 2.75) is 17.2 Å². The Labute approximate surface area is 107 Å². The molecule has 1 aromatic rings. The number of rotatable bonds is 2. The summed E-state index contributed by atoms with van der Waals surface area (Å²) in [7, 11) is -0.390. The normalized spacial score (nSPS) is 20.6. The van der Waals surface area contributed by atoms with Gasteiger partial charge in [-0.25, -0.2) is 13.2 Å². The predicted molar refractivity (Wildman–Crippen MR) is 67.9 cm³/mol. The molecule has 0 aromatic heterocycles. The van der Waals surface area contributed by atoms with Crippen molar-refractivity contribution in [2.75, 3.05) is 20.6 Å². The van der Waals surface area contributed by atoms with E-state index in [0.717, 1.165) is 5.56 Å². The van der Waals surface area contributed by atoms with E-state index in [1.807, 2.05) is 6.92 Å². The Morgan fingerprint density at radius 2 is 1.72 bits per heavy atom. The first kappa shape index (κ1) is 12.9. The summed E-state index contributed by atoms with van der Waals surface area (Å²) >= 11 is 0. The largest absolute Gasteiger partial charge is 0.325 e. The lowest BCUT2D eigenvalue weighted by Gasteiger charge is -2.18. The first-order valence-electron chi connectivity index (χ1n) is 5.62. The van der Waals surface area contributed by atoms with E-state index in [0.29, 0.717) is 0 Å². The monoisotopic (exact) mass is 268 g/mol. The van der Waals surface area contributed by atoms with Gasteiger partial charge in [0.05, 0.1) is 11.4 Å². The molecular weight excluding hydrogens is 252 g/mol. The minimum atomic E-state index is -3.51. The van der Waals surface area contributed by atoms with E-state index in [2.05, 4.69) is 0 Å². The fraction of sp³-hybridized carbons (Fsp3) is 0.417. The van der Waals surface area contributed by atoms with Crippen LogP contribution in [0.25, 0.3) is 0 Å². The molecule has 0 aliphatic carbocycles. The number of nitrogens with zero attached hydrogens (tertiary/aromatic N) is 2. The predicted octanol–water partition coefficient (Wildman–Crippen LogP) is 1.09. The number of urea groups is 1. The molecular formula is C12H16N2O3S. The molecule has 0 N–H and O–H groups in total. The minimum absolute atomic E-state index is 0.200. The molecule has 2 amide bonds. The number of hydrogen-bond donors (Lipinski definition) is 0. The molecule has 0 saturated carbocycles. The Kier molecular flexibility index (Phi) is 3.06. The van der Waals surface area contributed by atoms with Gasteiger partial charge in [-0.1, -0.05) is 17.7 Å². The molecule has 0 radical (unpaired) electrons. The lowest BCUT2D eigenvalue weighted by atomic mass is 10.2. The fourth-order valence-corrected chi connectivity index (χ4v) is 3.77. The summed E-state index contributed by atoms with van der Waals surface area (Å²) in [5, 5.41) is -0.808. The number of carbonyl (C=O) groups excluding carboxylic acids is 1. The van der Waals surface area contributed by atoms with Crippen molar-refractivity contribution in [1.82, 2.24) is 9.80 Å². The minimum Gasteiger partial charge on any atom is -0.325 e. The molecule has 5 nitrogen and oxygen atoms in total. The van der Waals surface area contributed by atoms with Gasteiger partial charge in [-0.15, -0.1) is 0 Å². The van der Waals surface area contributed by atoms with E-state index in [1.54, 1.807) is 31.3 Å². The van der Waals surface area contributed by atoms with Crippen molar-refractivity contribution in [3.8, 4) is 0 Å². The second-order valence-electron chi connectivity index (χ2n) is 4.59. The second-order valence-corrected chi connectivity index (χ2v) is 6.69. The number of sulfone groups is 1. The van der Waals surface area contributed by atoms with Gasteiger partial charge in [0.15, 0.2) is 5.37 Å². The number of likely N-dealkylation sites (N-methyl/N-ethyl adjacent to an activating group) is 2. The van der Waals surface area contributed by atoms with Gasteiger partial charge in [-0.2, -0.15) is 0 Å². The first-order chi connectivity index (χ1) is 8.34. The summed E-state index contributed by atoms with van der Waals surface area (Å²) in [4.78, 5) is 14.6. The van der Waals surface area contributed by atoms with E-state index in [9.17, 15) is 13.2 Å². The molecule has 1 aliphatic heterocycles. The lowest BCUT2D eigenvalue weighted by Crippen LogP contribution is -2.36. The van der Waals surface area contributed by atoms with Crippen LogP contribution in [0, 0.1) is 6.92 Å². The van der Waals surface area contributed by atoms with Crippen LogP contribution in [0.2, 0.25) is 0 Å². The number of amides is 2. The zero-order valence-corrected chi connectivity index (χ0v) is 11.4. The highest BCUT2D eigenvalue weighted by atomic mass is 32.2. The van der Waals surface area contributed by atoms with Gasteiger partial charge >= 0.3 is 6.03 Å². The Morgan fingerprint density at radius 3 is 2.17 bits per heavy atom. The summed E-state index contributed by atoms with van der Waals surface area (Å²) in [6.07, 6.45) is 0. The summed E-state index contributed by atoms with van der Waals surface area (Å²) in [5.41, 5.74) is 1.00. The average Bonchev–Trinajstić information content (AvgIpc) is 2.58. The van der Waals surface area contributed by atoms with Gasteiger partial charge in [0.2, 0.25) is 9.84 Å². The third-order valence-electron chi connectivity index (χ3n) is 3.20. The lowest BCUT2D eigenvalue weighted by molar-refractivity contribution is 0.204. The van der Waals surface area contributed by atoms with Crippen LogP contribution in [0.3, 0.4) is 0 Å². The molecule has 2 rings (SSSR count). The molecule has 6 heteroatoms. The van der Waals surface area contributed by atoms with E-state index in [1.165, 1.54) is 16.8 Å². The molecule has 1 saturated heterocycles. The number of benzene rings is 1. The van der Waals surface area contributed by atoms with E-state index in [-0.39, 0.29) is 17.5 Å². The SMILES string of the molecule is Cc1ccc(S(=O)(=O)C2CN(C)C(=O)N2C)cc1. The molecule has 1 fully saturated rings. The zero-order valence-electron chi connectivity index (χ0n) is 10.6. The average molecular weight is 268 g/mol. The van der Waals surface area contributed by atoms with Crippen molar-refractivity contribution in [1.29, 1.82) is 0 Å². The maximum absolute atomic E-state index is 12.4. The van der Waals surface area contributed by atoms with E-state index < -0.39 is 15.2 Å². The van der Waals surface area contributed by atoms with Gasteiger partial charge in [0, 0.05) is 14.1 Å². The summed E-state index contributed by atoms with van der Waals surface area (Å²) in [6, 6.07) is 6.42. The van der Waals surface area contributed by atoms with Crippen LogP contribution in [-0.4, -0.2) is 50.3 Å². The molecule has 1 heterocycles. The van der Waals surface area contributed by atoms with Gasteiger partial charge in [0.25, 0.3) is 0 Å². The van der Waals surface area contributed by atoms with Crippen LogP contribution in [0.15, 0.2) is 29.2 Å². The van der Waals surface area contributed by atoms with Gasteiger partial charge in [-0.05, 0) is 19.1 Å². The zero-order chi connectivity index (χ0) is 13.5. The van der Waals surface area contributed by atoms with E-state index in [4.69, 9.17) is 0 Å². The highest BCUT2D eigenvalue weighted by Crippen LogP contribution is 2.24. The Balaban J connectivity index is 2.38. The topological polar surface area (TPSA) is 57.7 Å². The number of carbonyl (C=O) groups is 1. The maximum Gasteiger partial charge on any atom is 0.320 e. The van der Waals surface area contributed by atoms with Crippen molar-refractivity contribution in [3.63, 3.8) is 0 Å². The van der Waals surface area contributed by atoms with Crippen molar-refractivity contribution < 1.29 is 13.2 Å². The quantitative estimate of drug-likeness (QED) is 0.807. The smallest absolute Gasteiger partial charge is 0.320 e. The third-order valence-corrected chi connectivity index (χ3v) is 5.31. The summed E-state index contributed by atoms with van der Waals surface area (Å²) in [6.45, 7) is 2.10. The summed E-state index contributed by atoms with van der Waals surface area (Å²) in [5.74, 6) is 0. The molecule has 18 heavy (non-hydrogen) atoms. The highest BCUT2D eigenvalue weighted by molar-refractivity contribution is 7.92. The van der Waals surface area contributed by atoms with E-state index >= 15 is 0 Å². The Hall–Kier alpha value is -1.56. The number of hydrogen-bond acceptors (Lipinski definition) is 3. The van der Waals surface area contributed by atoms with Crippen LogP contribution in [-0.2, 0) is 9.84 Å². The van der Waals surface area contributed by atoms with Gasteiger partial charge in [-0.3, -0.25) is 0 Å². The first-order valence-corrected chi connectivity index (χ1v) is 7.17. The molecule has 98 valence electrons. The molecule has 1 aliphatic rings. The highest BCUT2D eigenvalue weighted by Gasteiger charge is 2.41. The van der Waals surface area contributed by atoms with Crippen LogP contribution < -0.4 is 0 Å². The molecule has 1 atom stereocenters. The Bertz CT molecular complexity index is 565. The van der Waals surface area contributed by atoms with Crippen LogP contribution >= 0.6 is 0 Å². The fourth-order valence-electron chi connectivity index (χ4n) is 2.02. The molecule has 0 bridgehead atoms. The third kappa shape index (κ3) is 1.96. The number of aryl methyl sites for hydroxylation is 1. The Morgan fingerprint density at radius 1 is 1.17 bits per heavy atom. The molecule has 0 spiro atoms. The molecule has 1 aromatic carbocycles. The standard InChI is InChI=1S/C12H16N2O3S/c1-9-4-6-10(7-5-9)18(16,17)11-8-13(2)12(15)14(11)3/h4-7,11H,8H2,1-3H3. The van der Waals surface area contributed by atoms with Crippen molar-refractivity contribution in [3.05, 3.63) is 29.8 Å². The van der Waals surface area contributed by atoms with Crippen molar-refractivity contribution in [2.24, 2.45) is 0 Å². The van der Waals surface area contributed by atoms with Crippen molar-refractivity contribution >= 4 is 15.9 Å². The van der Waals surface area contributed by atoms with Gasteiger partial charge in [0.1, 0.15) is 0 Å². The molecule has 1 unspecified atom stereocenters. The van der Waals surface area contributed by atoms with Crippen LogP contribution in [0.5, 0.6) is 0 Å².